The number of hydrogen-bond acceptors (Lipinski definition) is 4. The number of hydrogen-bond donors (Lipinski definition) is 1. The molecule has 0 fully saturated rings. The molecule has 0 spiro atoms. The molecule has 0 heterocycles. The number of oxime groups is 1. The number of halogens is 3. The van der Waals surface area contributed by atoms with Gasteiger partial charge < -0.3 is 5.21 Å². The van der Waals surface area contributed by atoms with Gasteiger partial charge in [0.1, 0.15) is 0 Å². The molecule has 1 rings (SSSR count). The highest BCUT2D eigenvalue weighted by atomic mass is 19.4. The van der Waals surface area contributed by atoms with E-state index < -0.39 is 22.4 Å². The second-order valence-corrected chi connectivity index (χ2v) is 2.77. The Kier molecular flexibility index (Phi) is 3.11. The molecule has 0 aromatic heterocycles. The summed E-state index contributed by atoms with van der Waals surface area (Å²) >= 11 is 0. The number of rotatable bonds is 2. The quantitative estimate of drug-likeness (QED) is 0.369. The molecule has 86 valence electrons. The molecule has 5 nitrogen and oxygen atoms in total. The maximum Gasteiger partial charge on any atom is 0.416 e. The van der Waals surface area contributed by atoms with Crippen molar-refractivity contribution in [2.75, 3.05) is 0 Å². The molecule has 0 saturated heterocycles. The van der Waals surface area contributed by atoms with E-state index >= 15 is 0 Å². The van der Waals surface area contributed by atoms with Crippen LogP contribution in [0.5, 0.6) is 0 Å². The second-order valence-electron chi connectivity index (χ2n) is 2.77. The molecule has 0 aliphatic heterocycles. The summed E-state index contributed by atoms with van der Waals surface area (Å²) in [4.78, 5) is 9.49. The van der Waals surface area contributed by atoms with Crippen LogP contribution in [0, 0.1) is 10.1 Å². The van der Waals surface area contributed by atoms with E-state index in [4.69, 9.17) is 5.21 Å². The summed E-state index contributed by atoms with van der Waals surface area (Å²) in [5.74, 6) is 0. The van der Waals surface area contributed by atoms with Gasteiger partial charge in [0.25, 0.3) is 5.69 Å². The largest absolute Gasteiger partial charge is 0.416 e. The lowest BCUT2D eigenvalue weighted by atomic mass is 10.1. The molecule has 0 radical (unpaired) electrons. The number of nitro benzene ring substituents is 1. The van der Waals surface area contributed by atoms with Crippen LogP contribution in [0.3, 0.4) is 0 Å². The fourth-order valence-electron chi connectivity index (χ4n) is 1.05. The van der Waals surface area contributed by atoms with E-state index in [0.717, 1.165) is 6.07 Å². The van der Waals surface area contributed by atoms with Crippen LogP contribution in [0.25, 0.3) is 0 Å². The Hall–Kier alpha value is -2.12. The van der Waals surface area contributed by atoms with E-state index in [-0.39, 0.29) is 5.56 Å². The van der Waals surface area contributed by atoms with Crippen LogP contribution < -0.4 is 0 Å². The van der Waals surface area contributed by atoms with E-state index in [0.29, 0.717) is 18.3 Å². The standard InChI is InChI=1S/C8H5F3N2O3/c9-8(10,11)6-2-1-5(4-12-14)7(3-6)13(15)16/h1-4,14H/b12-4+. The monoisotopic (exact) mass is 234 g/mol. The first-order valence-electron chi connectivity index (χ1n) is 3.89. The van der Waals surface area contributed by atoms with Crippen molar-refractivity contribution >= 4 is 11.9 Å². The van der Waals surface area contributed by atoms with Crippen LogP contribution in [0.1, 0.15) is 11.1 Å². The third-order valence-electron chi connectivity index (χ3n) is 1.75. The van der Waals surface area contributed by atoms with Crippen molar-refractivity contribution in [3.05, 3.63) is 39.4 Å². The molecule has 0 atom stereocenters. The number of benzene rings is 1. The third kappa shape index (κ3) is 2.47. The van der Waals surface area contributed by atoms with Crippen LogP contribution in [0.2, 0.25) is 0 Å². The SMILES string of the molecule is O=[N+]([O-])c1cc(C(F)(F)F)ccc1/C=N/O. The van der Waals surface area contributed by atoms with Gasteiger partial charge in [0.05, 0.1) is 22.3 Å². The molecule has 0 bridgehead atoms. The van der Waals surface area contributed by atoms with E-state index in [1.165, 1.54) is 0 Å². The molecular weight excluding hydrogens is 229 g/mol. The lowest BCUT2D eigenvalue weighted by molar-refractivity contribution is -0.385. The Morgan fingerprint density at radius 1 is 1.44 bits per heavy atom. The van der Waals surface area contributed by atoms with Gasteiger partial charge in [0.2, 0.25) is 0 Å². The van der Waals surface area contributed by atoms with Crippen LogP contribution >= 0.6 is 0 Å². The zero-order valence-corrected chi connectivity index (χ0v) is 7.60. The van der Waals surface area contributed by atoms with Gasteiger partial charge in [0.15, 0.2) is 0 Å². The summed E-state index contributed by atoms with van der Waals surface area (Å²) in [7, 11) is 0. The van der Waals surface area contributed by atoms with Crippen molar-refractivity contribution in [2.24, 2.45) is 5.16 Å². The Morgan fingerprint density at radius 3 is 2.50 bits per heavy atom. The highest BCUT2D eigenvalue weighted by Gasteiger charge is 2.32. The first kappa shape index (κ1) is 12.0. The molecule has 0 unspecified atom stereocenters. The van der Waals surface area contributed by atoms with Crippen molar-refractivity contribution in [1.29, 1.82) is 0 Å². The Bertz CT molecular complexity index is 443. The third-order valence-corrected chi connectivity index (χ3v) is 1.75. The highest BCUT2D eigenvalue weighted by molar-refractivity contribution is 5.85. The van der Waals surface area contributed by atoms with Gasteiger partial charge in [-0.2, -0.15) is 13.2 Å². The maximum absolute atomic E-state index is 12.2. The minimum Gasteiger partial charge on any atom is -0.411 e. The van der Waals surface area contributed by atoms with Crippen molar-refractivity contribution in [2.45, 2.75) is 6.18 Å². The first-order chi connectivity index (χ1) is 7.36. The number of nitro groups is 1. The van der Waals surface area contributed by atoms with Gasteiger partial charge in [-0.15, -0.1) is 0 Å². The fraction of sp³-hybridized carbons (Fsp3) is 0.125. The average molecular weight is 234 g/mol. The fourth-order valence-corrected chi connectivity index (χ4v) is 1.05. The predicted molar refractivity (Wildman–Crippen MR) is 47.5 cm³/mol. The average Bonchev–Trinajstić information content (AvgIpc) is 2.16. The Balaban J connectivity index is 3.34. The van der Waals surface area contributed by atoms with Gasteiger partial charge >= 0.3 is 6.18 Å². The summed E-state index contributed by atoms with van der Waals surface area (Å²) in [6.45, 7) is 0. The molecule has 1 N–H and O–H groups in total. The zero-order chi connectivity index (χ0) is 12.3. The van der Waals surface area contributed by atoms with Gasteiger partial charge in [-0.25, -0.2) is 0 Å². The molecule has 8 heteroatoms. The molecule has 1 aromatic carbocycles. The summed E-state index contributed by atoms with van der Waals surface area (Å²) in [6.07, 6.45) is -3.96. The molecular formula is C8H5F3N2O3. The molecule has 0 amide bonds. The van der Waals surface area contributed by atoms with Gasteiger partial charge in [-0.1, -0.05) is 5.16 Å². The molecule has 16 heavy (non-hydrogen) atoms. The van der Waals surface area contributed by atoms with E-state index in [1.54, 1.807) is 0 Å². The van der Waals surface area contributed by atoms with Crippen molar-refractivity contribution < 1.29 is 23.3 Å². The summed E-state index contributed by atoms with van der Waals surface area (Å²) < 4.78 is 36.7. The van der Waals surface area contributed by atoms with Crippen LogP contribution in [0.15, 0.2) is 23.4 Å². The van der Waals surface area contributed by atoms with E-state index in [9.17, 15) is 23.3 Å². The summed E-state index contributed by atoms with van der Waals surface area (Å²) in [5, 5.41) is 21.2. The summed E-state index contributed by atoms with van der Waals surface area (Å²) in [6, 6.07) is 1.92. The first-order valence-corrected chi connectivity index (χ1v) is 3.89. The van der Waals surface area contributed by atoms with Gasteiger partial charge in [0, 0.05) is 6.07 Å². The van der Waals surface area contributed by atoms with Crippen LogP contribution in [-0.2, 0) is 6.18 Å². The second kappa shape index (κ2) is 4.17. The number of alkyl halides is 3. The maximum atomic E-state index is 12.2. The zero-order valence-electron chi connectivity index (χ0n) is 7.60. The van der Waals surface area contributed by atoms with Crippen LogP contribution in [0.4, 0.5) is 18.9 Å². The van der Waals surface area contributed by atoms with E-state index in [1.807, 2.05) is 0 Å². The smallest absolute Gasteiger partial charge is 0.411 e. The van der Waals surface area contributed by atoms with Crippen LogP contribution in [-0.4, -0.2) is 16.3 Å². The predicted octanol–water partition coefficient (Wildman–Crippen LogP) is 2.42. The number of nitrogens with zero attached hydrogens (tertiary/aromatic N) is 2. The van der Waals surface area contributed by atoms with Gasteiger partial charge in [-0.3, -0.25) is 10.1 Å². The minimum absolute atomic E-state index is 0.208. The normalized spacial score (nSPS) is 11.9. The van der Waals surface area contributed by atoms with Crippen molar-refractivity contribution in [3.63, 3.8) is 0 Å². The Labute approximate surface area is 87.0 Å². The molecule has 0 aliphatic carbocycles. The lowest BCUT2D eigenvalue weighted by Crippen LogP contribution is -2.06. The minimum atomic E-state index is -4.65. The molecule has 1 aromatic rings. The van der Waals surface area contributed by atoms with E-state index in [2.05, 4.69) is 5.16 Å². The highest BCUT2D eigenvalue weighted by Crippen LogP contribution is 2.32. The van der Waals surface area contributed by atoms with Crippen molar-refractivity contribution in [3.8, 4) is 0 Å². The van der Waals surface area contributed by atoms with Gasteiger partial charge in [-0.05, 0) is 12.1 Å². The Morgan fingerprint density at radius 2 is 2.06 bits per heavy atom. The summed E-state index contributed by atoms with van der Waals surface area (Å²) in [5.41, 5.74) is -2.11. The topological polar surface area (TPSA) is 75.7 Å². The lowest BCUT2D eigenvalue weighted by Gasteiger charge is -2.06. The van der Waals surface area contributed by atoms with Crippen molar-refractivity contribution in [1.82, 2.24) is 0 Å². The molecule has 0 aliphatic rings. The molecule has 0 saturated carbocycles.